The molecule has 0 aromatic rings. The van der Waals surface area contributed by atoms with Gasteiger partial charge in [-0.1, -0.05) is 13.8 Å². The van der Waals surface area contributed by atoms with E-state index in [1.54, 1.807) is 6.92 Å². The van der Waals surface area contributed by atoms with E-state index in [1.165, 1.54) is 57.8 Å². The van der Waals surface area contributed by atoms with Crippen molar-refractivity contribution in [1.29, 1.82) is 0 Å². The summed E-state index contributed by atoms with van der Waals surface area (Å²) in [6.07, 6.45) is 10.3. The highest BCUT2D eigenvalue weighted by Gasteiger charge is 2.62. The smallest absolute Gasteiger partial charge is 0.217 e. The summed E-state index contributed by atoms with van der Waals surface area (Å²) in [5.41, 5.74) is 0.677. The molecule has 53 heavy (non-hydrogen) atoms. The van der Waals surface area contributed by atoms with Gasteiger partial charge in [-0.15, -0.1) is 0 Å². The van der Waals surface area contributed by atoms with Gasteiger partial charge in [0, 0.05) is 13.0 Å². The highest BCUT2D eigenvalue weighted by molar-refractivity contribution is 6.71. The van der Waals surface area contributed by atoms with Crippen LogP contribution in [0, 0.1) is 40.4 Å². The van der Waals surface area contributed by atoms with Gasteiger partial charge in [-0.2, -0.15) is 0 Å². The summed E-state index contributed by atoms with van der Waals surface area (Å²) < 4.78 is 41.3. The van der Waals surface area contributed by atoms with Gasteiger partial charge in [0.15, 0.2) is 39.6 Å². The van der Waals surface area contributed by atoms with E-state index in [9.17, 15) is 4.79 Å². The SMILES string of the molecule is CC(=O)N[C@@H]1[C@@H](O[C@@H](C)[C@H]2CCC3C4CC[C@H]5C[C@@H](O[Si](C)(C)C)CC[C@]5(C)C4CC[C@@]32C)O[C@@H](CO[Si](C)(C)C)[C@H](O[Si](C)(C)C)[C@H]1O[Si](C)(C)C. The Labute approximate surface area is 329 Å². The van der Waals surface area contributed by atoms with Crippen LogP contribution in [0.1, 0.15) is 85.5 Å². The zero-order chi connectivity index (χ0) is 39.5. The molecule has 0 aromatic carbocycles. The summed E-state index contributed by atoms with van der Waals surface area (Å²) in [5.74, 6) is 3.49. The minimum atomic E-state index is -2.09. The Balaban J connectivity index is 1.37. The predicted octanol–water partition coefficient (Wildman–Crippen LogP) is 9.79. The molecule has 14 atom stereocenters. The number of rotatable bonds is 13. The van der Waals surface area contributed by atoms with Crippen molar-refractivity contribution in [3.63, 3.8) is 0 Å². The molecule has 1 aliphatic heterocycles. The highest BCUT2D eigenvalue weighted by atomic mass is 28.4. The second kappa shape index (κ2) is 16.0. The number of hydrogen-bond donors (Lipinski definition) is 1. The molecule has 1 amide bonds. The van der Waals surface area contributed by atoms with Crippen molar-refractivity contribution in [1.82, 2.24) is 5.32 Å². The average Bonchev–Trinajstić information content (AvgIpc) is 3.34. The van der Waals surface area contributed by atoms with Crippen molar-refractivity contribution in [3.05, 3.63) is 0 Å². The lowest BCUT2D eigenvalue weighted by atomic mass is 9.44. The summed E-state index contributed by atoms with van der Waals surface area (Å²) in [7, 11) is -7.53. The zero-order valence-corrected chi connectivity index (χ0v) is 40.9. The van der Waals surface area contributed by atoms with Crippen LogP contribution < -0.4 is 5.32 Å². The van der Waals surface area contributed by atoms with Crippen molar-refractivity contribution < 1.29 is 32.0 Å². The normalized spacial score (nSPS) is 41.6. The summed E-state index contributed by atoms with van der Waals surface area (Å²) in [6.45, 7) is 36.5. The van der Waals surface area contributed by atoms with Gasteiger partial charge in [0.05, 0.1) is 18.8 Å². The monoisotopic (exact) mass is 812 g/mol. The van der Waals surface area contributed by atoms with Gasteiger partial charge in [0.25, 0.3) is 0 Å². The molecule has 5 aliphatic rings. The molecule has 12 heteroatoms. The first-order valence-corrected chi connectivity index (χ1v) is 35.1. The van der Waals surface area contributed by atoms with Crippen LogP contribution >= 0.6 is 0 Å². The minimum Gasteiger partial charge on any atom is -0.415 e. The van der Waals surface area contributed by atoms with Crippen LogP contribution in [0.2, 0.25) is 78.6 Å². The molecule has 3 unspecified atom stereocenters. The maximum Gasteiger partial charge on any atom is 0.217 e. The topological polar surface area (TPSA) is 84.5 Å². The van der Waals surface area contributed by atoms with E-state index in [0.29, 0.717) is 24.0 Å². The number of hydrogen-bond acceptors (Lipinski definition) is 7. The van der Waals surface area contributed by atoms with Crippen LogP contribution in [-0.2, 0) is 32.0 Å². The summed E-state index contributed by atoms with van der Waals surface area (Å²) >= 11 is 0. The molecule has 0 radical (unpaired) electrons. The molecule has 4 aliphatic carbocycles. The van der Waals surface area contributed by atoms with E-state index >= 15 is 0 Å². The predicted molar refractivity (Wildman–Crippen MR) is 226 cm³/mol. The van der Waals surface area contributed by atoms with Crippen LogP contribution in [0.4, 0.5) is 0 Å². The lowest BCUT2D eigenvalue weighted by Crippen LogP contribution is -2.69. The van der Waals surface area contributed by atoms with E-state index in [-0.39, 0.29) is 29.6 Å². The largest absolute Gasteiger partial charge is 0.415 e. The number of fused-ring (bicyclic) bond motifs is 5. The van der Waals surface area contributed by atoms with Crippen LogP contribution in [0.25, 0.3) is 0 Å². The minimum absolute atomic E-state index is 0.0237. The third-order valence-electron chi connectivity index (χ3n) is 13.8. The summed E-state index contributed by atoms with van der Waals surface area (Å²) in [5, 5.41) is 3.26. The second-order valence-electron chi connectivity index (χ2n) is 22.4. The Morgan fingerprint density at radius 1 is 0.736 bits per heavy atom. The molecule has 5 rings (SSSR count). The lowest BCUT2D eigenvalue weighted by molar-refractivity contribution is -0.282. The first-order valence-electron chi connectivity index (χ1n) is 21.4. The molecule has 8 nitrogen and oxygen atoms in total. The highest BCUT2D eigenvalue weighted by Crippen LogP contribution is 2.68. The molecule has 4 saturated carbocycles. The number of ether oxygens (including phenoxy) is 2. The van der Waals surface area contributed by atoms with E-state index in [0.717, 1.165) is 23.7 Å². The van der Waals surface area contributed by atoms with Crippen molar-refractivity contribution in [2.45, 2.75) is 207 Å². The molecule has 1 saturated heterocycles. The van der Waals surface area contributed by atoms with Crippen LogP contribution in [0.3, 0.4) is 0 Å². The quantitative estimate of drug-likeness (QED) is 0.186. The summed E-state index contributed by atoms with van der Waals surface area (Å²) in [4.78, 5) is 12.9. The standard InChI is InChI=1S/C41H81NO7Si4/c1-27(32-19-20-33-31-18-17-29-25-30(47-51(8,9)10)21-23-40(29,3)34(31)22-24-41(32,33)4)45-39-36(42-28(2)43)38(49-53(14,15)16)37(48-52(11,12)13)35(46-39)26-44-50(5,6)7/h27,29-39H,17-26H2,1-16H3,(H,42,43)/t27-,29-,30-,31?,32+,33?,34?,35-,36-,37-,38-,39-,40-,41+/m0/s1. The fourth-order valence-electron chi connectivity index (χ4n) is 11.9. The first-order chi connectivity index (χ1) is 24.2. The maximum atomic E-state index is 12.9. The van der Waals surface area contributed by atoms with Crippen molar-refractivity contribution in [2.75, 3.05) is 6.61 Å². The van der Waals surface area contributed by atoms with E-state index < -0.39 is 51.7 Å². The molecule has 1 heterocycles. The Morgan fingerprint density at radius 2 is 1.32 bits per heavy atom. The molecule has 0 spiro atoms. The van der Waals surface area contributed by atoms with Crippen molar-refractivity contribution in [3.8, 4) is 0 Å². The molecule has 0 bridgehead atoms. The van der Waals surface area contributed by atoms with Gasteiger partial charge in [0.1, 0.15) is 18.2 Å². The van der Waals surface area contributed by atoms with Crippen LogP contribution in [0.15, 0.2) is 0 Å². The van der Waals surface area contributed by atoms with Gasteiger partial charge < -0.3 is 32.5 Å². The summed E-state index contributed by atoms with van der Waals surface area (Å²) in [6, 6.07) is -0.484. The van der Waals surface area contributed by atoms with Gasteiger partial charge in [-0.25, -0.2) is 0 Å². The lowest BCUT2D eigenvalue weighted by Gasteiger charge is -2.61. The molecule has 0 aromatic heterocycles. The average molecular weight is 812 g/mol. The molecular weight excluding hydrogens is 731 g/mol. The Hall–Kier alpha value is 0.0975. The van der Waals surface area contributed by atoms with Gasteiger partial charge in [-0.3, -0.25) is 4.79 Å². The number of nitrogens with one attached hydrogen (secondary N) is 1. The first kappa shape index (κ1) is 44.2. The van der Waals surface area contributed by atoms with Gasteiger partial charge >= 0.3 is 0 Å². The maximum absolute atomic E-state index is 12.9. The van der Waals surface area contributed by atoms with E-state index in [4.69, 9.17) is 27.2 Å². The molecular formula is C41H81NO7Si4. The second-order valence-corrected chi connectivity index (χ2v) is 40.3. The molecule has 5 fully saturated rings. The van der Waals surface area contributed by atoms with Crippen molar-refractivity contribution >= 4 is 39.2 Å². The van der Waals surface area contributed by atoms with E-state index in [1.807, 2.05) is 0 Å². The molecule has 1 N–H and O–H groups in total. The van der Waals surface area contributed by atoms with E-state index in [2.05, 4.69) is 105 Å². The zero-order valence-electron chi connectivity index (χ0n) is 36.9. The van der Waals surface area contributed by atoms with Crippen LogP contribution in [0.5, 0.6) is 0 Å². The Morgan fingerprint density at radius 3 is 1.91 bits per heavy atom. The number of carbonyl (C=O) groups excluding carboxylic acids is 1. The van der Waals surface area contributed by atoms with Gasteiger partial charge in [0.2, 0.25) is 5.91 Å². The Bertz CT molecular complexity index is 1260. The number of amides is 1. The van der Waals surface area contributed by atoms with Gasteiger partial charge in [-0.05, 0) is 184 Å². The van der Waals surface area contributed by atoms with Crippen molar-refractivity contribution in [2.24, 2.45) is 40.4 Å². The third-order valence-corrected chi connectivity index (χ3v) is 17.8. The number of carbonyl (C=O) groups is 1. The van der Waals surface area contributed by atoms with Crippen LogP contribution in [-0.4, -0.2) is 88.6 Å². The fourth-order valence-corrected chi connectivity index (χ4v) is 16.0. The molecule has 308 valence electrons. The Kier molecular flexibility index (Phi) is 13.4. The fraction of sp³-hybridized carbons (Fsp3) is 0.976. The third kappa shape index (κ3) is 10.6.